The molecule has 12 heavy (non-hydrogen) atoms. The van der Waals surface area contributed by atoms with Crippen LogP contribution < -0.4 is 4.90 Å². The Kier molecular flexibility index (Phi) is 1.75. The van der Waals surface area contributed by atoms with E-state index in [0.29, 0.717) is 0 Å². The van der Waals surface area contributed by atoms with Crippen molar-refractivity contribution in [2.45, 2.75) is 0 Å². The van der Waals surface area contributed by atoms with Crippen LogP contribution >= 0.6 is 11.5 Å². The summed E-state index contributed by atoms with van der Waals surface area (Å²) in [5.74, 6) is 0. The van der Waals surface area contributed by atoms with Crippen molar-refractivity contribution >= 4 is 22.4 Å². The van der Waals surface area contributed by atoms with Gasteiger partial charge in [0.25, 0.3) is 0 Å². The zero-order valence-corrected chi connectivity index (χ0v) is 7.25. The quantitative estimate of drug-likeness (QED) is 0.751. The van der Waals surface area contributed by atoms with Gasteiger partial charge in [-0.05, 0) is 11.3 Å². The van der Waals surface area contributed by atoms with Gasteiger partial charge >= 0.3 is 0 Å². The molecule has 0 spiro atoms. The van der Waals surface area contributed by atoms with E-state index >= 15 is 0 Å². The maximum Gasteiger partial charge on any atom is 0.232 e. The summed E-state index contributed by atoms with van der Waals surface area (Å²) in [4.78, 5) is 4.88. The SMILES string of the molecule is CN(c1cc[nH]c1)c1nnns1. The summed E-state index contributed by atoms with van der Waals surface area (Å²) in [7, 11) is 1.92. The average molecular weight is 181 g/mol. The molecule has 0 fully saturated rings. The van der Waals surface area contributed by atoms with E-state index in [1.54, 1.807) is 0 Å². The first-order valence-electron chi connectivity index (χ1n) is 3.39. The number of rotatable bonds is 2. The summed E-state index contributed by atoms with van der Waals surface area (Å²) in [5, 5.41) is 8.15. The molecule has 6 heteroatoms. The van der Waals surface area contributed by atoms with Gasteiger partial charge in [-0.25, -0.2) is 0 Å². The number of hydrogen-bond acceptors (Lipinski definition) is 5. The maximum atomic E-state index is 3.84. The van der Waals surface area contributed by atoms with Gasteiger partial charge in [0.15, 0.2) is 0 Å². The molecule has 62 valence electrons. The molecule has 0 amide bonds. The first kappa shape index (κ1) is 7.23. The first-order valence-corrected chi connectivity index (χ1v) is 4.17. The molecule has 2 aromatic heterocycles. The fraction of sp³-hybridized carbons (Fsp3) is 0.167. The minimum absolute atomic E-state index is 0.787. The third-order valence-electron chi connectivity index (χ3n) is 1.55. The van der Waals surface area contributed by atoms with Crippen LogP contribution in [0.1, 0.15) is 0 Å². The lowest BCUT2D eigenvalue weighted by molar-refractivity contribution is 0.944. The van der Waals surface area contributed by atoms with Gasteiger partial charge in [-0.3, -0.25) is 0 Å². The summed E-state index contributed by atoms with van der Waals surface area (Å²) in [6.07, 6.45) is 3.75. The highest BCUT2D eigenvalue weighted by atomic mass is 32.1. The molecule has 0 bridgehead atoms. The normalized spacial score (nSPS) is 10.1. The Hall–Kier alpha value is -1.43. The summed E-state index contributed by atoms with van der Waals surface area (Å²) in [6.45, 7) is 0. The van der Waals surface area contributed by atoms with Crippen molar-refractivity contribution in [2.75, 3.05) is 11.9 Å². The smallest absolute Gasteiger partial charge is 0.232 e. The van der Waals surface area contributed by atoms with E-state index < -0.39 is 0 Å². The standard InChI is InChI=1S/C6H7N5S/c1-11(5-2-3-7-4-5)6-8-9-10-12-6/h2-4,7H,1H3. The van der Waals surface area contributed by atoms with Crippen LogP contribution in [-0.4, -0.2) is 26.8 Å². The highest BCUT2D eigenvalue weighted by Crippen LogP contribution is 2.21. The van der Waals surface area contributed by atoms with Crippen LogP contribution in [0, 0.1) is 0 Å². The number of H-pyrrole nitrogens is 1. The molecule has 0 atom stereocenters. The van der Waals surface area contributed by atoms with Gasteiger partial charge in [-0.15, -0.1) is 0 Å². The zero-order valence-electron chi connectivity index (χ0n) is 6.43. The summed E-state index contributed by atoms with van der Waals surface area (Å²) < 4.78 is 3.68. The molecule has 2 heterocycles. The minimum Gasteiger partial charge on any atom is -0.366 e. The van der Waals surface area contributed by atoms with Crippen LogP contribution in [0.5, 0.6) is 0 Å². The predicted molar refractivity (Wildman–Crippen MR) is 46.6 cm³/mol. The lowest BCUT2D eigenvalue weighted by Gasteiger charge is -2.10. The number of hydrogen-bond donors (Lipinski definition) is 1. The summed E-state index contributed by atoms with van der Waals surface area (Å²) >= 11 is 1.27. The van der Waals surface area contributed by atoms with Gasteiger partial charge in [0.2, 0.25) is 5.13 Å². The van der Waals surface area contributed by atoms with Crippen molar-refractivity contribution in [2.24, 2.45) is 0 Å². The van der Waals surface area contributed by atoms with E-state index in [4.69, 9.17) is 0 Å². The van der Waals surface area contributed by atoms with Crippen molar-refractivity contribution in [1.29, 1.82) is 0 Å². The average Bonchev–Trinajstić information content (AvgIpc) is 2.77. The van der Waals surface area contributed by atoms with E-state index in [0.717, 1.165) is 10.8 Å². The molecule has 1 N–H and O–H groups in total. The van der Waals surface area contributed by atoms with E-state index in [1.807, 2.05) is 30.4 Å². The second-order valence-corrected chi connectivity index (χ2v) is 2.98. The second-order valence-electron chi connectivity index (χ2n) is 2.27. The van der Waals surface area contributed by atoms with E-state index in [1.165, 1.54) is 11.5 Å². The van der Waals surface area contributed by atoms with Crippen LogP contribution in [0.25, 0.3) is 0 Å². The highest BCUT2D eigenvalue weighted by Gasteiger charge is 2.06. The Morgan fingerprint density at radius 1 is 1.58 bits per heavy atom. The number of anilines is 2. The Morgan fingerprint density at radius 3 is 3.08 bits per heavy atom. The molecule has 5 nitrogen and oxygen atoms in total. The highest BCUT2D eigenvalue weighted by molar-refractivity contribution is 7.09. The first-order chi connectivity index (χ1) is 5.88. The molecule has 2 aromatic rings. The van der Waals surface area contributed by atoms with Crippen LogP contribution in [0.3, 0.4) is 0 Å². The minimum atomic E-state index is 0.787. The molecule has 0 aliphatic rings. The van der Waals surface area contributed by atoms with Gasteiger partial charge in [-0.1, -0.05) is 9.59 Å². The topological polar surface area (TPSA) is 57.7 Å². The van der Waals surface area contributed by atoms with E-state index in [-0.39, 0.29) is 0 Å². The molecule has 0 aliphatic heterocycles. The van der Waals surface area contributed by atoms with Gasteiger partial charge in [0.05, 0.1) is 5.69 Å². The van der Waals surface area contributed by atoms with Crippen molar-refractivity contribution in [3.05, 3.63) is 18.5 Å². The molecule has 0 unspecified atom stereocenters. The van der Waals surface area contributed by atoms with Crippen molar-refractivity contribution in [1.82, 2.24) is 19.8 Å². The zero-order chi connectivity index (χ0) is 8.39. The molecule has 0 saturated carbocycles. The molecular weight excluding hydrogens is 174 g/mol. The van der Waals surface area contributed by atoms with Gasteiger partial charge in [0.1, 0.15) is 0 Å². The van der Waals surface area contributed by atoms with E-state index in [2.05, 4.69) is 19.8 Å². The van der Waals surface area contributed by atoms with Crippen LogP contribution in [0.4, 0.5) is 10.8 Å². The predicted octanol–water partition coefficient (Wildman–Crippen LogP) is 1.03. The fourth-order valence-electron chi connectivity index (χ4n) is 0.892. The fourth-order valence-corrected chi connectivity index (χ4v) is 1.34. The van der Waals surface area contributed by atoms with Crippen molar-refractivity contribution in [3.63, 3.8) is 0 Å². The summed E-state index contributed by atoms with van der Waals surface area (Å²) in [5.41, 5.74) is 1.05. The van der Waals surface area contributed by atoms with Crippen LogP contribution in [0.15, 0.2) is 18.5 Å². The third kappa shape index (κ3) is 1.16. The summed E-state index contributed by atoms with van der Waals surface area (Å²) in [6, 6.07) is 1.96. The molecule has 0 aromatic carbocycles. The number of nitrogens with one attached hydrogen (secondary N) is 1. The Labute approximate surface area is 73.2 Å². The second kappa shape index (κ2) is 2.90. The maximum absolute atomic E-state index is 3.84. The molecule has 2 rings (SSSR count). The van der Waals surface area contributed by atoms with Gasteiger partial charge in [0, 0.05) is 31.0 Å². The Balaban J connectivity index is 2.27. The van der Waals surface area contributed by atoms with Gasteiger partial charge in [-0.2, -0.15) is 0 Å². The van der Waals surface area contributed by atoms with E-state index in [9.17, 15) is 0 Å². The third-order valence-corrected chi connectivity index (χ3v) is 2.22. The Bertz CT molecular complexity index is 292. The number of aromatic amines is 1. The lowest BCUT2D eigenvalue weighted by atomic mass is 10.5. The molecular formula is C6H7N5S. The lowest BCUT2D eigenvalue weighted by Crippen LogP contribution is -2.07. The van der Waals surface area contributed by atoms with Crippen molar-refractivity contribution < 1.29 is 0 Å². The number of aromatic nitrogens is 4. The van der Waals surface area contributed by atoms with Crippen LogP contribution in [0.2, 0.25) is 0 Å². The molecule has 0 aliphatic carbocycles. The van der Waals surface area contributed by atoms with Crippen molar-refractivity contribution in [3.8, 4) is 0 Å². The monoisotopic (exact) mass is 181 g/mol. The largest absolute Gasteiger partial charge is 0.366 e. The molecule has 0 saturated heterocycles. The van der Waals surface area contributed by atoms with Crippen LogP contribution in [-0.2, 0) is 0 Å². The van der Waals surface area contributed by atoms with Gasteiger partial charge < -0.3 is 9.88 Å². The molecule has 0 radical (unpaired) electrons. The number of nitrogens with zero attached hydrogens (tertiary/aromatic N) is 4. The Morgan fingerprint density at radius 2 is 2.50 bits per heavy atom.